The van der Waals surface area contributed by atoms with Crippen LogP contribution in [0.4, 0.5) is 0 Å². The van der Waals surface area contributed by atoms with Gasteiger partial charge in [-0.2, -0.15) is 0 Å². The molecule has 18 heavy (non-hydrogen) atoms. The number of aryl methyl sites for hydroxylation is 3. The second kappa shape index (κ2) is 4.41. The van der Waals surface area contributed by atoms with Crippen LogP contribution in [0.5, 0.6) is 0 Å². The zero-order chi connectivity index (χ0) is 12.5. The average molecular weight is 236 g/mol. The molecule has 0 saturated heterocycles. The van der Waals surface area contributed by atoms with Crippen LogP contribution in [-0.2, 0) is 12.8 Å². The SMILES string of the molecule is Cc1cccc(C(=O)c2ccc3c(c2)CCC3)c1. The van der Waals surface area contributed by atoms with Gasteiger partial charge < -0.3 is 0 Å². The summed E-state index contributed by atoms with van der Waals surface area (Å²) < 4.78 is 0. The summed E-state index contributed by atoms with van der Waals surface area (Å²) in [4.78, 5) is 12.4. The zero-order valence-electron chi connectivity index (χ0n) is 10.6. The number of fused-ring (bicyclic) bond motifs is 1. The van der Waals surface area contributed by atoms with Crippen LogP contribution < -0.4 is 0 Å². The Kier molecular flexibility index (Phi) is 2.75. The standard InChI is InChI=1S/C17H16O/c1-12-4-2-7-15(10-12)17(18)16-9-8-13-5-3-6-14(13)11-16/h2,4,7-11H,3,5-6H2,1H3. The summed E-state index contributed by atoms with van der Waals surface area (Å²) in [5.74, 6) is 0.133. The van der Waals surface area contributed by atoms with Gasteiger partial charge in [0.15, 0.2) is 5.78 Å². The van der Waals surface area contributed by atoms with Crippen molar-refractivity contribution in [2.24, 2.45) is 0 Å². The zero-order valence-corrected chi connectivity index (χ0v) is 10.6. The molecule has 0 bridgehead atoms. The summed E-state index contributed by atoms with van der Waals surface area (Å²) in [5.41, 5.74) is 5.50. The molecule has 0 spiro atoms. The maximum Gasteiger partial charge on any atom is 0.193 e. The first-order valence-electron chi connectivity index (χ1n) is 6.47. The topological polar surface area (TPSA) is 17.1 Å². The van der Waals surface area contributed by atoms with Gasteiger partial charge in [0.25, 0.3) is 0 Å². The molecule has 0 unspecified atom stereocenters. The van der Waals surface area contributed by atoms with E-state index in [1.165, 1.54) is 17.5 Å². The molecule has 2 aromatic carbocycles. The van der Waals surface area contributed by atoms with Crippen LogP contribution in [0, 0.1) is 6.92 Å². The fraction of sp³-hybridized carbons (Fsp3) is 0.235. The molecule has 1 heteroatoms. The Morgan fingerprint density at radius 2 is 1.72 bits per heavy atom. The molecule has 0 N–H and O–H groups in total. The molecule has 0 aromatic heterocycles. The quantitative estimate of drug-likeness (QED) is 0.726. The van der Waals surface area contributed by atoms with Crippen molar-refractivity contribution in [1.29, 1.82) is 0 Å². The van der Waals surface area contributed by atoms with Gasteiger partial charge >= 0.3 is 0 Å². The van der Waals surface area contributed by atoms with E-state index >= 15 is 0 Å². The second-order valence-electron chi connectivity index (χ2n) is 5.04. The third-order valence-corrected chi connectivity index (χ3v) is 3.64. The predicted octanol–water partition coefficient (Wildman–Crippen LogP) is 3.71. The van der Waals surface area contributed by atoms with E-state index in [2.05, 4.69) is 12.1 Å². The van der Waals surface area contributed by atoms with Crippen LogP contribution in [-0.4, -0.2) is 5.78 Å². The minimum atomic E-state index is 0.133. The highest BCUT2D eigenvalue weighted by molar-refractivity contribution is 6.09. The van der Waals surface area contributed by atoms with E-state index in [-0.39, 0.29) is 5.78 Å². The molecular weight excluding hydrogens is 220 g/mol. The number of carbonyl (C=O) groups is 1. The third kappa shape index (κ3) is 1.97. The molecule has 0 amide bonds. The van der Waals surface area contributed by atoms with E-state index in [0.29, 0.717) is 0 Å². The van der Waals surface area contributed by atoms with Gasteiger partial charge in [0.05, 0.1) is 0 Å². The Morgan fingerprint density at radius 3 is 2.56 bits per heavy atom. The molecule has 0 saturated carbocycles. The summed E-state index contributed by atoms with van der Waals surface area (Å²) in [7, 11) is 0. The van der Waals surface area contributed by atoms with Crippen LogP contribution in [0.25, 0.3) is 0 Å². The number of hydrogen-bond donors (Lipinski definition) is 0. The van der Waals surface area contributed by atoms with Gasteiger partial charge in [-0.15, -0.1) is 0 Å². The number of ketones is 1. The van der Waals surface area contributed by atoms with Crippen molar-refractivity contribution in [2.75, 3.05) is 0 Å². The van der Waals surface area contributed by atoms with Crippen molar-refractivity contribution in [1.82, 2.24) is 0 Å². The largest absolute Gasteiger partial charge is 0.289 e. The number of carbonyl (C=O) groups excluding carboxylic acids is 1. The van der Waals surface area contributed by atoms with Crippen LogP contribution >= 0.6 is 0 Å². The summed E-state index contributed by atoms with van der Waals surface area (Å²) in [5, 5.41) is 0. The first-order chi connectivity index (χ1) is 8.74. The molecule has 1 nitrogen and oxygen atoms in total. The predicted molar refractivity (Wildman–Crippen MR) is 73.1 cm³/mol. The van der Waals surface area contributed by atoms with Gasteiger partial charge in [-0.1, -0.05) is 35.9 Å². The number of rotatable bonds is 2. The Bertz CT molecular complexity index is 611. The second-order valence-corrected chi connectivity index (χ2v) is 5.04. The van der Waals surface area contributed by atoms with Crippen molar-refractivity contribution in [3.63, 3.8) is 0 Å². The minimum absolute atomic E-state index is 0.133. The maximum atomic E-state index is 12.4. The van der Waals surface area contributed by atoms with Gasteiger partial charge in [-0.25, -0.2) is 0 Å². The van der Waals surface area contributed by atoms with Crippen LogP contribution in [0.1, 0.15) is 39.0 Å². The molecule has 0 atom stereocenters. The van der Waals surface area contributed by atoms with Gasteiger partial charge in [0.2, 0.25) is 0 Å². The highest BCUT2D eigenvalue weighted by Crippen LogP contribution is 2.24. The van der Waals surface area contributed by atoms with E-state index in [4.69, 9.17) is 0 Å². The van der Waals surface area contributed by atoms with Crippen LogP contribution in [0.2, 0.25) is 0 Å². The lowest BCUT2D eigenvalue weighted by Gasteiger charge is -2.05. The monoisotopic (exact) mass is 236 g/mol. The van der Waals surface area contributed by atoms with Crippen molar-refractivity contribution < 1.29 is 4.79 Å². The minimum Gasteiger partial charge on any atom is -0.289 e. The maximum absolute atomic E-state index is 12.4. The van der Waals surface area contributed by atoms with Gasteiger partial charge in [0, 0.05) is 11.1 Å². The van der Waals surface area contributed by atoms with Crippen LogP contribution in [0.3, 0.4) is 0 Å². The highest BCUT2D eigenvalue weighted by Gasteiger charge is 2.14. The van der Waals surface area contributed by atoms with Gasteiger partial charge in [-0.05, 0) is 49.4 Å². The lowest BCUT2D eigenvalue weighted by Crippen LogP contribution is -2.02. The summed E-state index contributed by atoms with van der Waals surface area (Å²) in [6.45, 7) is 2.01. The Hall–Kier alpha value is -1.89. The van der Waals surface area contributed by atoms with Gasteiger partial charge in [0.1, 0.15) is 0 Å². The average Bonchev–Trinajstić information content (AvgIpc) is 2.85. The lowest BCUT2D eigenvalue weighted by molar-refractivity contribution is 0.103. The summed E-state index contributed by atoms with van der Waals surface area (Å²) >= 11 is 0. The lowest BCUT2D eigenvalue weighted by atomic mass is 9.98. The first-order valence-corrected chi connectivity index (χ1v) is 6.47. The fourth-order valence-corrected chi connectivity index (χ4v) is 2.67. The van der Waals surface area contributed by atoms with E-state index in [9.17, 15) is 4.79 Å². The van der Waals surface area contributed by atoms with E-state index in [0.717, 1.165) is 29.5 Å². The van der Waals surface area contributed by atoms with Crippen molar-refractivity contribution in [3.05, 3.63) is 70.3 Å². The third-order valence-electron chi connectivity index (χ3n) is 3.64. The molecule has 90 valence electrons. The molecular formula is C17H16O. The van der Waals surface area contributed by atoms with Crippen molar-refractivity contribution in [2.45, 2.75) is 26.2 Å². The fourth-order valence-electron chi connectivity index (χ4n) is 2.67. The molecule has 0 aliphatic heterocycles. The molecule has 0 fully saturated rings. The first kappa shape index (κ1) is 11.2. The smallest absolute Gasteiger partial charge is 0.193 e. The molecule has 1 aliphatic rings. The number of benzene rings is 2. The molecule has 2 aromatic rings. The van der Waals surface area contributed by atoms with E-state index < -0.39 is 0 Å². The normalized spacial score (nSPS) is 13.4. The molecule has 3 rings (SSSR count). The number of hydrogen-bond acceptors (Lipinski definition) is 1. The van der Waals surface area contributed by atoms with Gasteiger partial charge in [-0.3, -0.25) is 4.79 Å². The van der Waals surface area contributed by atoms with Crippen LogP contribution in [0.15, 0.2) is 42.5 Å². The summed E-state index contributed by atoms with van der Waals surface area (Å²) in [6, 6.07) is 14.0. The Balaban J connectivity index is 1.98. The van der Waals surface area contributed by atoms with Crippen molar-refractivity contribution >= 4 is 5.78 Å². The highest BCUT2D eigenvalue weighted by atomic mass is 16.1. The molecule has 0 radical (unpaired) electrons. The van der Waals surface area contributed by atoms with E-state index in [1.54, 1.807) is 0 Å². The van der Waals surface area contributed by atoms with Crippen molar-refractivity contribution in [3.8, 4) is 0 Å². The Labute approximate surface area is 107 Å². The Morgan fingerprint density at radius 1 is 0.944 bits per heavy atom. The molecule has 0 heterocycles. The summed E-state index contributed by atoms with van der Waals surface area (Å²) in [6.07, 6.45) is 3.50. The van der Waals surface area contributed by atoms with E-state index in [1.807, 2.05) is 37.3 Å². The molecule has 1 aliphatic carbocycles.